The van der Waals surface area contributed by atoms with Gasteiger partial charge in [0.15, 0.2) is 0 Å². The van der Waals surface area contributed by atoms with Crippen molar-refractivity contribution in [3.63, 3.8) is 0 Å². The predicted octanol–water partition coefficient (Wildman–Crippen LogP) is 3.87. The van der Waals surface area contributed by atoms with Gasteiger partial charge in [-0.05, 0) is 72.8 Å². The second-order valence-electron chi connectivity index (χ2n) is 5.48. The van der Waals surface area contributed by atoms with Crippen LogP contribution in [0.2, 0.25) is 0 Å². The van der Waals surface area contributed by atoms with Crippen LogP contribution in [-0.2, 0) is 10.0 Å². The van der Waals surface area contributed by atoms with E-state index in [1.165, 1.54) is 19.2 Å². The van der Waals surface area contributed by atoms with E-state index in [2.05, 4.69) is 4.72 Å². The van der Waals surface area contributed by atoms with Gasteiger partial charge >= 0.3 is 0 Å². The average Bonchev–Trinajstić information content (AvgIpc) is 2.65. The lowest BCUT2D eigenvalue weighted by Crippen LogP contribution is -2.12. The summed E-state index contributed by atoms with van der Waals surface area (Å²) < 4.78 is 38.1. The molecule has 0 atom stereocenters. The quantitative estimate of drug-likeness (QED) is 0.643. The largest absolute Gasteiger partial charge is 0.497 e. The number of hydrogen-bond acceptors (Lipinski definition) is 5. The smallest absolute Gasteiger partial charge is 0.261 e. The number of nitrogens with one attached hydrogen (secondary N) is 1. The highest BCUT2D eigenvalue weighted by Gasteiger charge is 2.14. The second kappa shape index (κ2) is 7.37. The molecule has 0 radical (unpaired) electrons. The topological polar surface area (TPSA) is 90.7 Å². The van der Waals surface area contributed by atoms with Gasteiger partial charge in [-0.15, -0.1) is 0 Å². The van der Waals surface area contributed by atoms with Gasteiger partial charge in [-0.1, -0.05) is 0 Å². The van der Waals surface area contributed by atoms with E-state index in [0.717, 1.165) is 0 Å². The Bertz CT molecular complexity index is 968. The number of nitrogen functional groups attached to an aromatic ring is 1. The Morgan fingerprint density at radius 1 is 0.769 bits per heavy atom. The third kappa shape index (κ3) is 4.25. The highest BCUT2D eigenvalue weighted by molar-refractivity contribution is 7.92. The number of anilines is 2. The minimum Gasteiger partial charge on any atom is -0.497 e. The molecule has 0 unspecified atom stereocenters. The molecule has 0 fully saturated rings. The standard InChI is InChI=1S/C19H18N2O4S/c1-24-16-10-12-19(13-11-16)26(22,23)21-15-4-8-18(9-5-15)25-17-6-2-14(20)3-7-17/h2-13,21H,20H2,1H3. The Morgan fingerprint density at radius 3 is 1.81 bits per heavy atom. The summed E-state index contributed by atoms with van der Waals surface area (Å²) in [7, 11) is -2.15. The molecule has 0 aliphatic heterocycles. The third-order valence-corrected chi connectivity index (χ3v) is 4.99. The van der Waals surface area contributed by atoms with Gasteiger partial charge in [-0.25, -0.2) is 8.42 Å². The van der Waals surface area contributed by atoms with Crippen LogP contribution in [0.3, 0.4) is 0 Å². The molecule has 0 saturated carbocycles. The lowest BCUT2D eigenvalue weighted by Gasteiger charge is -2.10. The molecule has 0 bridgehead atoms. The number of benzene rings is 3. The van der Waals surface area contributed by atoms with Gasteiger partial charge in [0.1, 0.15) is 17.2 Å². The Hall–Kier alpha value is -3.19. The molecule has 3 aromatic rings. The second-order valence-corrected chi connectivity index (χ2v) is 7.16. The molecule has 0 aliphatic carbocycles. The number of rotatable bonds is 6. The number of nitrogens with two attached hydrogens (primary N) is 1. The fraction of sp³-hybridized carbons (Fsp3) is 0.0526. The summed E-state index contributed by atoms with van der Waals surface area (Å²) in [6.45, 7) is 0. The third-order valence-electron chi connectivity index (χ3n) is 3.59. The number of ether oxygens (including phenoxy) is 2. The number of methoxy groups -OCH3 is 1. The summed E-state index contributed by atoms with van der Waals surface area (Å²) in [4.78, 5) is 0.153. The SMILES string of the molecule is COc1ccc(S(=O)(=O)Nc2ccc(Oc3ccc(N)cc3)cc2)cc1. The van der Waals surface area contributed by atoms with Crippen molar-refractivity contribution in [1.82, 2.24) is 0 Å². The summed E-state index contributed by atoms with van der Waals surface area (Å²) in [5.74, 6) is 1.82. The molecule has 3 N–H and O–H groups in total. The van der Waals surface area contributed by atoms with E-state index in [4.69, 9.17) is 15.2 Å². The first-order valence-corrected chi connectivity index (χ1v) is 9.25. The highest BCUT2D eigenvalue weighted by Crippen LogP contribution is 2.25. The Labute approximate surface area is 152 Å². The predicted molar refractivity (Wildman–Crippen MR) is 101 cm³/mol. The van der Waals surface area contributed by atoms with Crippen molar-refractivity contribution in [2.45, 2.75) is 4.90 Å². The van der Waals surface area contributed by atoms with Crippen LogP contribution in [0.1, 0.15) is 0 Å². The molecule has 0 heterocycles. The van der Waals surface area contributed by atoms with Crippen LogP contribution in [-0.4, -0.2) is 15.5 Å². The zero-order chi connectivity index (χ0) is 18.6. The average molecular weight is 370 g/mol. The van der Waals surface area contributed by atoms with Crippen molar-refractivity contribution in [2.24, 2.45) is 0 Å². The molecule has 3 rings (SSSR count). The van der Waals surface area contributed by atoms with Crippen LogP contribution in [0.4, 0.5) is 11.4 Å². The summed E-state index contributed by atoms with van der Waals surface area (Å²) >= 11 is 0. The number of sulfonamides is 1. The first kappa shape index (κ1) is 17.6. The van der Waals surface area contributed by atoms with E-state index >= 15 is 0 Å². The van der Waals surface area contributed by atoms with Gasteiger partial charge in [0.05, 0.1) is 12.0 Å². The van der Waals surface area contributed by atoms with Gasteiger partial charge in [0, 0.05) is 11.4 Å². The van der Waals surface area contributed by atoms with Crippen LogP contribution in [0, 0.1) is 0 Å². The van der Waals surface area contributed by atoms with Gasteiger partial charge in [-0.2, -0.15) is 0 Å². The zero-order valence-electron chi connectivity index (χ0n) is 14.0. The molecule has 0 aromatic heterocycles. The van der Waals surface area contributed by atoms with Crippen molar-refractivity contribution in [3.8, 4) is 17.2 Å². The van der Waals surface area contributed by atoms with E-state index in [1.54, 1.807) is 60.7 Å². The van der Waals surface area contributed by atoms with Gasteiger partial charge in [-0.3, -0.25) is 4.72 Å². The Balaban J connectivity index is 1.70. The lowest BCUT2D eigenvalue weighted by molar-refractivity contribution is 0.414. The van der Waals surface area contributed by atoms with Crippen LogP contribution < -0.4 is 19.9 Å². The normalized spacial score (nSPS) is 11.0. The molecule has 0 saturated heterocycles. The minimum atomic E-state index is -3.68. The van der Waals surface area contributed by atoms with E-state index in [1.807, 2.05) is 0 Å². The molecule has 0 amide bonds. The van der Waals surface area contributed by atoms with Crippen molar-refractivity contribution in [2.75, 3.05) is 17.6 Å². The van der Waals surface area contributed by atoms with Crippen molar-refractivity contribution in [3.05, 3.63) is 72.8 Å². The van der Waals surface area contributed by atoms with Crippen molar-refractivity contribution >= 4 is 21.4 Å². The summed E-state index contributed by atoms with van der Waals surface area (Å²) in [5.41, 5.74) is 6.72. The van der Waals surface area contributed by atoms with E-state index in [9.17, 15) is 8.42 Å². The molecule has 0 spiro atoms. The fourth-order valence-corrected chi connectivity index (χ4v) is 3.29. The Morgan fingerprint density at radius 2 is 1.27 bits per heavy atom. The van der Waals surface area contributed by atoms with E-state index in [0.29, 0.717) is 28.6 Å². The first-order valence-electron chi connectivity index (χ1n) is 7.76. The van der Waals surface area contributed by atoms with Gasteiger partial charge in [0.25, 0.3) is 10.0 Å². The molecule has 26 heavy (non-hydrogen) atoms. The zero-order valence-corrected chi connectivity index (χ0v) is 14.9. The molecule has 0 aliphatic rings. The maximum Gasteiger partial charge on any atom is 0.261 e. The highest BCUT2D eigenvalue weighted by atomic mass is 32.2. The monoisotopic (exact) mass is 370 g/mol. The van der Waals surface area contributed by atoms with Crippen LogP contribution >= 0.6 is 0 Å². The van der Waals surface area contributed by atoms with Crippen LogP contribution in [0.25, 0.3) is 0 Å². The van der Waals surface area contributed by atoms with Gasteiger partial charge < -0.3 is 15.2 Å². The van der Waals surface area contributed by atoms with Crippen LogP contribution in [0.15, 0.2) is 77.7 Å². The van der Waals surface area contributed by atoms with E-state index in [-0.39, 0.29) is 4.90 Å². The maximum absolute atomic E-state index is 12.4. The summed E-state index contributed by atoms with van der Waals surface area (Å²) in [6, 6.07) is 19.8. The maximum atomic E-state index is 12.4. The summed E-state index contributed by atoms with van der Waals surface area (Å²) in [5, 5.41) is 0. The lowest BCUT2D eigenvalue weighted by atomic mass is 10.3. The minimum absolute atomic E-state index is 0.153. The molecule has 3 aromatic carbocycles. The van der Waals surface area contributed by atoms with Crippen LogP contribution in [0.5, 0.6) is 17.2 Å². The molecule has 6 nitrogen and oxygen atoms in total. The van der Waals surface area contributed by atoms with E-state index < -0.39 is 10.0 Å². The van der Waals surface area contributed by atoms with Gasteiger partial charge in [0.2, 0.25) is 0 Å². The van der Waals surface area contributed by atoms with Crippen molar-refractivity contribution in [1.29, 1.82) is 0 Å². The fourth-order valence-electron chi connectivity index (χ4n) is 2.23. The number of hydrogen-bond donors (Lipinski definition) is 2. The molecular formula is C19H18N2O4S. The van der Waals surface area contributed by atoms with Crippen molar-refractivity contribution < 1.29 is 17.9 Å². The molecular weight excluding hydrogens is 352 g/mol. The first-order chi connectivity index (χ1) is 12.5. The molecule has 134 valence electrons. The Kier molecular flexibility index (Phi) is 4.99. The summed E-state index contributed by atoms with van der Waals surface area (Å²) in [6.07, 6.45) is 0. The molecule has 7 heteroatoms.